The molecular formula is C23H23NO2. The Bertz CT molecular complexity index is 901. The number of piperidine rings is 1. The van der Waals surface area contributed by atoms with Crippen molar-refractivity contribution in [3.63, 3.8) is 0 Å². The molecule has 1 saturated heterocycles. The van der Waals surface area contributed by atoms with Crippen molar-refractivity contribution >= 4 is 16.7 Å². The second-order valence-electron chi connectivity index (χ2n) is 6.97. The molecule has 0 bridgehead atoms. The summed E-state index contributed by atoms with van der Waals surface area (Å²) in [7, 11) is 0. The van der Waals surface area contributed by atoms with Gasteiger partial charge in [-0.3, -0.25) is 9.69 Å². The third-order valence-corrected chi connectivity index (χ3v) is 5.39. The van der Waals surface area contributed by atoms with Crippen LogP contribution < -0.4 is 0 Å². The number of hydrogen-bond acceptors (Lipinski definition) is 2. The molecule has 3 aromatic rings. The van der Waals surface area contributed by atoms with Gasteiger partial charge in [0.15, 0.2) is 0 Å². The standard InChI is InChI=1S/C23H23NO2/c25-23(26)21-15-6-7-16-24(21)22(18-10-2-1-3-11-18)20-14-8-12-17-9-4-5-13-19(17)20/h1-5,8-14,21-22H,6-7,15-16H2,(H,25,26). The molecule has 1 heterocycles. The molecule has 1 aliphatic rings. The Kier molecular flexibility index (Phi) is 4.72. The Balaban J connectivity index is 1.90. The Morgan fingerprint density at radius 3 is 2.46 bits per heavy atom. The van der Waals surface area contributed by atoms with Crippen LogP contribution in [0.1, 0.15) is 36.4 Å². The van der Waals surface area contributed by atoms with Crippen molar-refractivity contribution < 1.29 is 9.90 Å². The van der Waals surface area contributed by atoms with Crippen LogP contribution in [0.3, 0.4) is 0 Å². The molecule has 1 aliphatic heterocycles. The topological polar surface area (TPSA) is 40.5 Å². The molecule has 2 unspecified atom stereocenters. The molecule has 4 rings (SSSR count). The molecule has 1 fully saturated rings. The second-order valence-corrected chi connectivity index (χ2v) is 6.97. The van der Waals surface area contributed by atoms with Gasteiger partial charge < -0.3 is 5.11 Å². The highest BCUT2D eigenvalue weighted by Crippen LogP contribution is 2.37. The van der Waals surface area contributed by atoms with Crippen molar-refractivity contribution in [2.45, 2.75) is 31.3 Å². The van der Waals surface area contributed by atoms with E-state index in [1.165, 1.54) is 16.3 Å². The molecule has 0 spiro atoms. The van der Waals surface area contributed by atoms with Gasteiger partial charge >= 0.3 is 5.97 Å². The highest BCUT2D eigenvalue weighted by atomic mass is 16.4. The normalized spacial score (nSPS) is 19.3. The van der Waals surface area contributed by atoms with Crippen molar-refractivity contribution in [2.24, 2.45) is 0 Å². The summed E-state index contributed by atoms with van der Waals surface area (Å²) in [6, 6.07) is 24.5. The van der Waals surface area contributed by atoms with Crippen molar-refractivity contribution in [1.82, 2.24) is 4.90 Å². The first kappa shape index (κ1) is 16.8. The SMILES string of the molecule is O=C(O)C1CCCCN1C(c1ccccc1)c1cccc2ccccc12. The molecule has 26 heavy (non-hydrogen) atoms. The first-order valence-electron chi connectivity index (χ1n) is 9.27. The smallest absolute Gasteiger partial charge is 0.320 e. The Labute approximate surface area is 153 Å². The average molecular weight is 345 g/mol. The van der Waals surface area contributed by atoms with Crippen LogP contribution in [0.15, 0.2) is 72.8 Å². The summed E-state index contributed by atoms with van der Waals surface area (Å²) in [5, 5.41) is 12.2. The number of nitrogens with zero attached hydrogens (tertiary/aromatic N) is 1. The molecule has 0 aliphatic carbocycles. The lowest BCUT2D eigenvalue weighted by atomic mass is 9.89. The van der Waals surface area contributed by atoms with Gasteiger partial charge in [-0.05, 0) is 41.3 Å². The first-order valence-corrected chi connectivity index (χ1v) is 9.27. The molecule has 0 amide bonds. The summed E-state index contributed by atoms with van der Waals surface area (Å²) in [4.78, 5) is 14.1. The number of benzene rings is 3. The molecule has 2 atom stereocenters. The van der Waals surface area contributed by atoms with E-state index >= 15 is 0 Å². The maximum Gasteiger partial charge on any atom is 0.320 e. The number of hydrogen-bond donors (Lipinski definition) is 1. The molecule has 0 radical (unpaired) electrons. The van der Waals surface area contributed by atoms with Crippen LogP contribution in [0.2, 0.25) is 0 Å². The number of aliphatic carboxylic acids is 1. The van der Waals surface area contributed by atoms with Crippen LogP contribution in [0, 0.1) is 0 Å². The van der Waals surface area contributed by atoms with E-state index in [0.717, 1.165) is 24.9 Å². The van der Waals surface area contributed by atoms with Crippen LogP contribution in [0.4, 0.5) is 0 Å². The van der Waals surface area contributed by atoms with E-state index in [-0.39, 0.29) is 6.04 Å². The molecule has 132 valence electrons. The summed E-state index contributed by atoms with van der Waals surface area (Å²) < 4.78 is 0. The fourth-order valence-corrected chi connectivity index (χ4v) is 4.20. The maximum absolute atomic E-state index is 12.0. The maximum atomic E-state index is 12.0. The predicted molar refractivity (Wildman–Crippen MR) is 104 cm³/mol. The van der Waals surface area contributed by atoms with Gasteiger partial charge in [-0.1, -0.05) is 79.2 Å². The van der Waals surface area contributed by atoms with Crippen molar-refractivity contribution in [3.05, 3.63) is 83.9 Å². The zero-order valence-corrected chi connectivity index (χ0v) is 14.7. The lowest BCUT2D eigenvalue weighted by Gasteiger charge is -2.40. The minimum absolute atomic E-state index is 0.0521. The van der Waals surface area contributed by atoms with E-state index in [9.17, 15) is 9.90 Å². The van der Waals surface area contributed by atoms with Gasteiger partial charge in [-0.2, -0.15) is 0 Å². The summed E-state index contributed by atoms with van der Waals surface area (Å²) in [5.41, 5.74) is 2.33. The van der Waals surface area contributed by atoms with Crippen LogP contribution >= 0.6 is 0 Å². The lowest BCUT2D eigenvalue weighted by molar-refractivity contribution is -0.145. The fraction of sp³-hybridized carbons (Fsp3) is 0.261. The zero-order chi connectivity index (χ0) is 17.9. The van der Waals surface area contributed by atoms with E-state index in [2.05, 4.69) is 53.4 Å². The number of carboxylic acids is 1. The zero-order valence-electron chi connectivity index (χ0n) is 14.7. The lowest BCUT2D eigenvalue weighted by Crippen LogP contribution is -2.46. The van der Waals surface area contributed by atoms with Crippen molar-refractivity contribution in [3.8, 4) is 0 Å². The van der Waals surface area contributed by atoms with E-state index in [4.69, 9.17) is 0 Å². The molecule has 3 aromatic carbocycles. The molecule has 3 heteroatoms. The molecule has 1 N–H and O–H groups in total. The first-order chi connectivity index (χ1) is 12.8. The van der Waals surface area contributed by atoms with Crippen LogP contribution in [-0.2, 0) is 4.79 Å². The number of likely N-dealkylation sites (tertiary alicyclic amines) is 1. The third-order valence-electron chi connectivity index (χ3n) is 5.39. The number of fused-ring (bicyclic) bond motifs is 1. The molecule has 3 nitrogen and oxygen atoms in total. The number of rotatable bonds is 4. The van der Waals surface area contributed by atoms with Crippen LogP contribution in [0.5, 0.6) is 0 Å². The van der Waals surface area contributed by atoms with Gasteiger partial charge in [-0.25, -0.2) is 0 Å². The molecule has 0 aromatic heterocycles. The third kappa shape index (κ3) is 3.11. The van der Waals surface area contributed by atoms with Crippen molar-refractivity contribution in [1.29, 1.82) is 0 Å². The Morgan fingerprint density at radius 2 is 1.65 bits per heavy atom. The van der Waals surface area contributed by atoms with E-state index in [0.29, 0.717) is 6.42 Å². The number of carboxylic acid groups (broad SMARTS) is 1. The fourth-order valence-electron chi connectivity index (χ4n) is 4.20. The van der Waals surface area contributed by atoms with Gasteiger partial charge in [0.1, 0.15) is 6.04 Å². The predicted octanol–water partition coefficient (Wildman–Crippen LogP) is 4.87. The monoisotopic (exact) mass is 345 g/mol. The number of carbonyl (C=O) groups is 1. The van der Waals surface area contributed by atoms with E-state index < -0.39 is 12.0 Å². The van der Waals surface area contributed by atoms with E-state index in [1.54, 1.807) is 0 Å². The highest BCUT2D eigenvalue weighted by molar-refractivity contribution is 5.86. The highest BCUT2D eigenvalue weighted by Gasteiger charge is 2.35. The van der Waals surface area contributed by atoms with Crippen LogP contribution in [0.25, 0.3) is 10.8 Å². The summed E-state index contributed by atoms with van der Waals surface area (Å²) >= 11 is 0. The van der Waals surface area contributed by atoms with Gasteiger partial charge in [0.05, 0.1) is 6.04 Å². The summed E-state index contributed by atoms with van der Waals surface area (Å²) in [6.45, 7) is 0.805. The Hall–Kier alpha value is -2.65. The van der Waals surface area contributed by atoms with E-state index in [1.807, 2.05) is 24.3 Å². The van der Waals surface area contributed by atoms with Gasteiger partial charge in [0.25, 0.3) is 0 Å². The second kappa shape index (κ2) is 7.30. The average Bonchev–Trinajstić information content (AvgIpc) is 2.69. The molecule has 0 saturated carbocycles. The van der Waals surface area contributed by atoms with Gasteiger partial charge in [0.2, 0.25) is 0 Å². The van der Waals surface area contributed by atoms with Gasteiger partial charge in [0, 0.05) is 0 Å². The van der Waals surface area contributed by atoms with Crippen molar-refractivity contribution in [2.75, 3.05) is 6.54 Å². The minimum atomic E-state index is -0.717. The summed E-state index contributed by atoms with van der Waals surface area (Å²) in [6.07, 6.45) is 2.73. The quantitative estimate of drug-likeness (QED) is 0.733. The molecular weight excluding hydrogens is 322 g/mol. The largest absolute Gasteiger partial charge is 0.480 e. The summed E-state index contributed by atoms with van der Waals surface area (Å²) in [5.74, 6) is -0.717. The minimum Gasteiger partial charge on any atom is -0.480 e. The van der Waals surface area contributed by atoms with Crippen LogP contribution in [-0.4, -0.2) is 28.6 Å². The van der Waals surface area contributed by atoms with Gasteiger partial charge in [-0.15, -0.1) is 0 Å². The Morgan fingerprint density at radius 1 is 0.923 bits per heavy atom.